The fraction of sp³-hybridized carbons (Fsp3) is 0.200. The molecular weight excluding hydrogens is 259 g/mol. The van der Waals surface area contributed by atoms with Gasteiger partial charge in [0.2, 0.25) is 5.95 Å². The lowest BCUT2D eigenvalue weighted by atomic mass is 10.2. The van der Waals surface area contributed by atoms with E-state index in [9.17, 15) is 9.18 Å². The molecule has 1 aromatic carbocycles. The average Bonchev–Trinajstić information content (AvgIpc) is 2.48. The van der Waals surface area contributed by atoms with Crippen molar-refractivity contribution in [2.75, 3.05) is 14.2 Å². The van der Waals surface area contributed by atoms with Gasteiger partial charge >= 0.3 is 0 Å². The predicted molar refractivity (Wildman–Crippen MR) is 73.0 cm³/mol. The topological polar surface area (TPSA) is 42.4 Å². The van der Waals surface area contributed by atoms with E-state index in [0.717, 1.165) is 11.3 Å². The smallest absolute Gasteiger partial charge is 0.255 e. The van der Waals surface area contributed by atoms with Gasteiger partial charge in [-0.1, -0.05) is 12.1 Å². The van der Waals surface area contributed by atoms with Gasteiger partial charge in [-0.25, -0.2) is 4.98 Å². The van der Waals surface area contributed by atoms with Gasteiger partial charge < -0.3 is 9.64 Å². The number of benzene rings is 1. The maximum Gasteiger partial charge on any atom is 0.255 e. The van der Waals surface area contributed by atoms with Crippen LogP contribution in [0.3, 0.4) is 0 Å². The van der Waals surface area contributed by atoms with Crippen LogP contribution in [0.2, 0.25) is 0 Å². The number of ether oxygens (including phenoxy) is 1. The summed E-state index contributed by atoms with van der Waals surface area (Å²) in [6.45, 7) is 0.459. The van der Waals surface area contributed by atoms with Crippen molar-refractivity contribution >= 4 is 5.91 Å². The molecule has 1 heterocycles. The molecule has 0 fully saturated rings. The molecule has 2 aromatic rings. The van der Waals surface area contributed by atoms with Crippen LogP contribution >= 0.6 is 0 Å². The van der Waals surface area contributed by atoms with Crippen molar-refractivity contribution in [1.82, 2.24) is 9.88 Å². The van der Waals surface area contributed by atoms with Crippen LogP contribution in [-0.4, -0.2) is 29.9 Å². The van der Waals surface area contributed by atoms with Gasteiger partial charge in [0.05, 0.1) is 12.7 Å². The zero-order valence-corrected chi connectivity index (χ0v) is 11.3. The zero-order chi connectivity index (χ0) is 14.5. The molecule has 0 bridgehead atoms. The number of pyridine rings is 1. The van der Waals surface area contributed by atoms with Crippen LogP contribution in [0.15, 0.2) is 42.6 Å². The Kier molecular flexibility index (Phi) is 4.30. The first kappa shape index (κ1) is 14.0. The summed E-state index contributed by atoms with van der Waals surface area (Å²) in [5, 5.41) is 0. The van der Waals surface area contributed by atoms with Crippen molar-refractivity contribution in [3.05, 3.63) is 59.7 Å². The number of carbonyl (C=O) groups is 1. The molecule has 0 unspecified atom stereocenters. The summed E-state index contributed by atoms with van der Waals surface area (Å²) >= 11 is 0. The Morgan fingerprint density at radius 1 is 1.25 bits per heavy atom. The van der Waals surface area contributed by atoms with Crippen molar-refractivity contribution in [2.45, 2.75) is 6.54 Å². The molecule has 4 nitrogen and oxygen atoms in total. The molecule has 0 saturated heterocycles. The van der Waals surface area contributed by atoms with E-state index in [1.165, 1.54) is 18.3 Å². The molecule has 20 heavy (non-hydrogen) atoms. The van der Waals surface area contributed by atoms with Gasteiger partial charge in [0, 0.05) is 19.8 Å². The monoisotopic (exact) mass is 274 g/mol. The summed E-state index contributed by atoms with van der Waals surface area (Å²) in [6, 6.07) is 10.1. The minimum Gasteiger partial charge on any atom is -0.497 e. The quantitative estimate of drug-likeness (QED) is 0.804. The molecule has 5 heteroatoms. The molecule has 0 aliphatic rings. The molecule has 0 atom stereocenters. The maximum absolute atomic E-state index is 12.7. The normalized spacial score (nSPS) is 10.2. The van der Waals surface area contributed by atoms with Gasteiger partial charge in [-0.15, -0.1) is 0 Å². The summed E-state index contributed by atoms with van der Waals surface area (Å²) in [5.74, 6) is -0.0295. The Hall–Kier alpha value is -2.43. The lowest BCUT2D eigenvalue weighted by Crippen LogP contribution is -2.26. The van der Waals surface area contributed by atoms with Gasteiger partial charge in [0.25, 0.3) is 5.91 Å². The van der Waals surface area contributed by atoms with Gasteiger partial charge in [0.1, 0.15) is 5.75 Å². The minimum atomic E-state index is -0.598. The molecule has 2 rings (SSSR count). The Balaban J connectivity index is 2.04. The molecule has 0 N–H and O–H groups in total. The summed E-state index contributed by atoms with van der Waals surface area (Å²) < 4.78 is 17.8. The van der Waals surface area contributed by atoms with Crippen LogP contribution in [0.1, 0.15) is 15.9 Å². The fourth-order valence-corrected chi connectivity index (χ4v) is 1.80. The van der Waals surface area contributed by atoms with Crippen LogP contribution in [0.5, 0.6) is 5.75 Å². The maximum atomic E-state index is 12.7. The van der Waals surface area contributed by atoms with Gasteiger partial charge in [0.15, 0.2) is 0 Å². The highest BCUT2D eigenvalue weighted by Gasteiger charge is 2.12. The van der Waals surface area contributed by atoms with Crippen LogP contribution in [0.4, 0.5) is 4.39 Å². The summed E-state index contributed by atoms with van der Waals surface area (Å²) in [7, 11) is 3.29. The van der Waals surface area contributed by atoms with E-state index in [-0.39, 0.29) is 5.91 Å². The van der Waals surface area contributed by atoms with Crippen molar-refractivity contribution in [3.8, 4) is 5.75 Å². The molecule has 0 aliphatic carbocycles. The third kappa shape index (κ3) is 3.32. The van der Waals surface area contributed by atoms with E-state index in [1.54, 1.807) is 19.1 Å². The second-order valence-electron chi connectivity index (χ2n) is 4.38. The van der Waals surface area contributed by atoms with E-state index >= 15 is 0 Å². The first-order valence-electron chi connectivity index (χ1n) is 6.10. The number of amides is 1. The van der Waals surface area contributed by atoms with E-state index < -0.39 is 5.95 Å². The van der Waals surface area contributed by atoms with Crippen molar-refractivity contribution in [1.29, 1.82) is 0 Å². The lowest BCUT2D eigenvalue weighted by molar-refractivity contribution is 0.0784. The highest BCUT2D eigenvalue weighted by molar-refractivity contribution is 5.93. The van der Waals surface area contributed by atoms with E-state index in [2.05, 4.69) is 4.98 Å². The number of rotatable bonds is 4. The number of carbonyl (C=O) groups excluding carboxylic acids is 1. The highest BCUT2D eigenvalue weighted by Crippen LogP contribution is 2.13. The second kappa shape index (κ2) is 6.14. The predicted octanol–water partition coefficient (Wildman–Crippen LogP) is 2.50. The Bertz CT molecular complexity index is 582. The minimum absolute atomic E-state index is 0.201. The number of hydrogen-bond acceptors (Lipinski definition) is 3. The first-order valence-corrected chi connectivity index (χ1v) is 6.10. The second-order valence-corrected chi connectivity index (χ2v) is 4.38. The van der Waals surface area contributed by atoms with E-state index in [4.69, 9.17) is 4.74 Å². The van der Waals surface area contributed by atoms with E-state index in [0.29, 0.717) is 12.1 Å². The lowest BCUT2D eigenvalue weighted by Gasteiger charge is -2.17. The van der Waals surface area contributed by atoms with Crippen LogP contribution in [0.25, 0.3) is 0 Å². The van der Waals surface area contributed by atoms with Crippen molar-refractivity contribution in [2.24, 2.45) is 0 Å². The van der Waals surface area contributed by atoms with Gasteiger partial charge in [-0.3, -0.25) is 4.79 Å². The zero-order valence-electron chi connectivity index (χ0n) is 11.3. The van der Waals surface area contributed by atoms with Crippen LogP contribution in [0, 0.1) is 5.95 Å². The Morgan fingerprint density at radius 3 is 2.50 bits per heavy atom. The molecule has 0 aliphatic heterocycles. The van der Waals surface area contributed by atoms with Crippen LogP contribution in [-0.2, 0) is 6.54 Å². The number of hydrogen-bond donors (Lipinski definition) is 0. The fourth-order valence-electron chi connectivity index (χ4n) is 1.80. The Morgan fingerprint density at radius 2 is 1.95 bits per heavy atom. The number of aromatic nitrogens is 1. The third-order valence-corrected chi connectivity index (χ3v) is 2.90. The standard InChI is InChI=1S/C15H15FN2O2/c1-18(10-11-3-6-13(20-2)7-4-11)15(19)12-5-8-14(16)17-9-12/h3-9H,10H2,1-2H3. The number of methoxy groups -OCH3 is 1. The first-order chi connectivity index (χ1) is 9.60. The molecular formula is C15H15FN2O2. The number of nitrogens with zero attached hydrogens (tertiary/aromatic N) is 2. The van der Waals surface area contributed by atoms with Crippen molar-refractivity contribution < 1.29 is 13.9 Å². The SMILES string of the molecule is COc1ccc(CN(C)C(=O)c2ccc(F)nc2)cc1. The molecule has 1 aromatic heterocycles. The summed E-state index contributed by atoms with van der Waals surface area (Å²) in [4.78, 5) is 17.2. The van der Waals surface area contributed by atoms with Crippen LogP contribution < -0.4 is 4.74 Å². The average molecular weight is 274 g/mol. The number of halogens is 1. The highest BCUT2D eigenvalue weighted by atomic mass is 19.1. The summed E-state index contributed by atoms with van der Waals surface area (Å²) in [5.41, 5.74) is 1.35. The molecule has 1 amide bonds. The Labute approximate surface area is 116 Å². The summed E-state index contributed by atoms with van der Waals surface area (Å²) in [6.07, 6.45) is 1.24. The van der Waals surface area contributed by atoms with Gasteiger partial charge in [-0.05, 0) is 29.8 Å². The molecule has 0 saturated carbocycles. The molecule has 0 radical (unpaired) electrons. The van der Waals surface area contributed by atoms with E-state index in [1.807, 2.05) is 24.3 Å². The van der Waals surface area contributed by atoms with Crippen molar-refractivity contribution in [3.63, 3.8) is 0 Å². The third-order valence-electron chi connectivity index (χ3n) is 2.90. The molecule has 104 valence electrons. The van der Waals surface area contributed by atoms with Gasteiger partial charge in [-0.2, -0.15) is 4.39 Å². The largest absolute Gasteiger partial charge is 0.497 e. The molecule has 0 spiro atoms.